The molecule has 0 aliphatic carbocycles. The van der Waals surface area contributed by atoms with Crippen molar-refractivity contribution in [2.45, 2.75) is 25.2 Å². The van der Waals surface area contributed by atoms with Crippen molar-refractivity contribution in [3.05, 3.63) is 29.6 Å². The molecule has 0 aliphatic rings. The number of aryl methyl sites for hydroxylation is 1. The molecule has 1 aromatic rings. The standard InChI is InChI=1S/C10H14FNO2S/c1-3-6-12-15(13,14)10-5-4-9(11)7-8(10)2/h4-5,7,12H,3,6H2,1-2H3. The van der Waals surface area contributed by atoms with Gasteiger partial charge in [-0.05, 0) is 37.1 Å². The van der Waals surface area contributed by atoms with Crippen LogP contribution in [0.5, 0.6) is 0 Å². The van der Waals surface area contributed by atoms with Crippen LogP contribution in [0, 0.1) is 12.7 Å². The largest absolute Gasteiger partial charge is 0.240 e. The van der Waals surface area contributed by atoms with Crippen molar-refractivity contribution < 1.29 is 12.8 Å². The summed E-state index contributed by atoms with van der Waals surface area (Å²) in [4.78, 5) is 0.136. The fourth-order valence-corrected chi connectivity index (χ4v) is 2.59. The summed E-state index contributed by atoms with van der Waals surface area (Å²) in [5.41, 5.74) is 0.415. The Labute approximate surface area is 89.4 Å². The van der Waals surface area contributed by atoms with Crippen molar-refractivity contribution in [3.63, 3.8) is 0 Å². The molecule has 0 fully saturated rings. The highest BCUT2D eigenvalue weighted by Crippen LogP contribution is 2.15. The molecule has 15 heavy (non-hydrogen) atoms. The number of benzene rings is 1. The zero-order valence-electron chi connectivity index (χ0n) is 8.75. The molecule has 0 heterocycles. The molecule has 0 unspecified atom stereocenters. The predicted molar refractivity (Wildman–Crippen MR) is 56.6 cm³/mol. The quantitative estimate of drug-likeness (QED) is 0.859. The number of sulfonamides is 1. The summed E-state index contributed by atoms with van der Waals surface area (Å²) in [6, 6.07) is 3.64. The van der Waals surface area contributed by atoms with E-state index in [0.717, 1.165) is 12.5 Å². The number of nitrogens with one attached hydrogen (secondary N) is 1. The fourth-order valence-electron chi connectivity index (χ4n) is 1.23. The van der Waals surface area contributed by atoms with Crippen molar-refractivity contribution in [1.29, 1.82) is 0 Å². The minimum absolute atomic E-state index is 0.136. The van der Waals surface area contributed by atoms with Crippen LogP contribution in [0.25, 0.3) is 0 Å². The van der Waals surface area contributed by atoms with E-state index in [-0.39, 0.29) is 4.90 Å². The first-order chi connectivity index (χ1) is 6.97. The first kappa shape index (κ1) is 12.1. The molecule has 0 saturated heterocycles. The third-order valence-corrected chi connectivity index (χ3v) is 3.59. The maximum Gasteiger partial charge on any atom is 0.240 e. The van der Waals surface area contributed by atoms with Crippen LogP contribution < -0.4 is 4.72 Å². The number of rotatable bonds is 4. The third kappa shape index (κ3) is 3.00. The van der Waals surface area contributed by atoms with Crippen LogP contribution in [0.2, 0.25) is 0 Å². The molecule has 0 spiro atoms. The third-order valence-electron chi connectivity index (χ3n) is 1.97. The van der Waals surface area contributed by atoms with E-state index in [1.807, 2.05) is 6.92 Å². The van der Waals surface area contributed by atoms with Gasteiger partial charge in [0, 0.05) is 6.54 Å². The Balaban J connectivity index is 3.05. The lowest BCUT2D eigenvalue weighted by molar-refractivity contribution is 0.579. The molecular weight excluding hydrogens is 217 g/mol. The summed E-state index contributed by atoms with van der Waals surface area (Å²) in [5.74, 6) is -0.429. The van der Waals surface area contributed by atoms with Gasteiger partial charge in [0.2, 0.25) is 10.0 Å². The van der Waals surface area contributed by atoms with Crippen LogP contribution in [0.1, 0.15) is 18.9 Å². The Hall–Kier alpha value is -0.940. The summed E-state index contributed by atoms with van der Waals surface area (Å²) >= 11 is 0. The highest BCUT2D eigenvalue weighted by atomic mass is 32.2. The maximum atomic E-state index is 12.8. The van der Waals surface area contributed by atoms with Gasteiger partial charge < -0.3 is 0 Å². The predicted octanol–water partition coefficient (Wildman–Crippen LogP) is 1.82. The van der Waals surface area contributed by atoms with E-state index < -0.39 is 15.8 Å². The topological polar surface area (TPSA) is 46.2 Å². The normalized spacial score (nSPS) is 11.7. The Morgan fingerprint density at radius 3 is 2.60 bits per heavy atom. The fraction of sp³-hybridized carbons (Fsp3) is 0.400. The van der Waals surface area contributed by atoms with Crippen molar-refractivity contribution in [3.8, 4) is 0 Å². The van der Waals surface area contributed by atoms with E-state index >= 15 is 0 Å². The lowest BCUT2D eigenvalue weighted by Crippen LogP contribution is -2.25. The molecule has 0 saturated carbocycles. The van der Waals surface area contributed by atoms with Gasteiger partial charge in [0.15, 0.2) is 0 Å². The molecule has 1 aromatic carbocycles. The molecule has 0 amide bonds. The average Bonchev–Trinajstić information content (AvgIpc) is 2.14. The molecule has 0 radical (unpaired) electrons. The van der Waals surface area contributed by atoms with Gasteiger partial charge in [-0.25, -0.2) is 17.5 Å². The van der Waals surface area contributed by atoms with Crippen LogP contribution >= 0.6 is 0 Å². The van der Waals surface area contributed by atoms with Gasteiger partial charge in [0.05, 0.1) is 4.90 Å². The van der Waals surface area contributed by atoms with Gasteiger partial charge in [-0.1, -0.05) is 6.92 Å². The van der Waals surface area contributed by atoms with E-state index in [1.165, 1.54) is 12.1 Å². The van der Waals surface area contributed by atoms with E-state index in [0.29, 0.717) is 12.1 Å². The van der Waals surface area contributed by atoms with Crippen LogP contribution in [-0.2, 0) is 10.0 Å². The average molecular weight is 231 g/mol. The molecule has 0 atom stereocenters. The van der Waals surface area contributed by atoms with Gasteiger partial charge in [-0.2, -0.15) is 0 Å². The number of hydrogen-bond donors (Lipinski definition) is 1. The Bertz CT molecular complexity index is 443. The molecule has 1 rings (SSSR count). The van der Waals surface area contributed by atoms with E-state index in [4.69, 9.17) is 0 Å². The molecular formula is C10H14FNO2S. The zero-order valence-corrected chi connectivity index (χ0v) is 9.57. The van der Waals surface area contributed by atoms with Crippen molar-refractivity contribution in [1.82, 2.24) is 4.72 Å². The molecule has 0 bridgehead atoms. The summed E-state index contributed by atoms with van der Waals surface area (Å²) in [7, 11) is -3.49. The Kier molecular flexibility index (Phi) is 3.82. The Morgan fingerprint density at radius 1 is 1.40 bits per heavy atom. The van der Waals surface area contributed by atoms with Gasteiger partial charge in [-0.15, -0.1) is 0 Å². The Morgan fingerprint density at radius 2 is 2.07 bits per heavy atom. The second-order valence-corrected chi connectivity index (χ2v) is 5.04. The smallest absolute Gasteiger partial charge is 0.211 e. The number of hydrogen-bond acceptors (Lipinski definition) is 2. The lowest BCUT2D eigenvalue weighted by atomic mass is 10.2. The summed E-state index contributed by atoms with van der Waals surface area (Å²) in [5, 5.41) is 0. The maximum absolute atomic E-state index is 12.8. The second-order valence-electron chi connectivity index (χ2n) is 3.31. The molecule has 3 nitrogen and oxygen atoms in total. The molecule has 0 aromatic heterocycles. The first-order valence-corrected chi connectivity index (χ1v) is 6.21. The highest BCUT2D eigenvalue weighted by molar-refractivity contribution is 7.89. The first-order valence-electron chi connectivity index (χ1n) is 4.73. The van der Waals surface area contributed by atoms with Gasteiger partial charge in [0.25, 0.3) is 0 Å². The number of halogens is 1. The monoisotopic (exact) mass is 231 g/mol. The van der Waals surface area contributed by atoms with Crippen LogP contribution in [-0.4, -0.2) is 15.0 Å². The minimum atomic E-state index is -3.49. The molecule has 1 N–H and O–H groups in total. The zero-order chi connectivity index (χ0) is 11.5. The van der Waals surface area contributed by atoms with Gasteiger partial charge in [-0.3, -0.25) is 0 Å². The van der Waals surface area contributed by atoms with E-state index in [1.54, 1.807) is 6.92 Å². The van der Waals surface area contributed by atoms with Crippen LogP contribution in [0.3, 0.4) is 0 Å². The molecule has 5 heteroatoms. The van der Waals surface area contributed by atoms with Crippen LogP contribution in [0.4, 0.5) is 4.39 Å². The second kappa shape index (κ2) is 4.72. The van der Waals surface area contributed by atoms with Crippen molar-refractivity contribution in [2.24, 2.45) is 0 Å². The van der Waals surface area contributed by atoms with E-state index in [2.05, 4.69) is 4.72 Å². The summed E-state index contributed by atoms with van der Waals surface area (Å²) in [6.45, 7) is 3.84. The van der Waals surface area contributed by atoms with Crippen molar-refractivity contribution in [2.75, 3.05) is 6.54 Å². The highest BCUT2D eigenvalue weighted by Gasteiger charge is 2.15. The minimum Gasteiger partial charge on any atom is -0.211 e. The van der Waals surface area contributed by atoms with Crippen molar-refractivity contribution >= 4 is 10.0 Å². The summed E-state index contributed by atoms with van der Waals surface area (Å²) in [6.07, 6.45) is 0.722. The van der Waals surface area contributed by atoms with Gasteiger partial charge >= 0.3 is 0 Å². The molecule has 0 aliphatic heterocycles. The lowest BCUT2D eigenvalue weighted by Gasteiger charge is -2.08. The van der Waals surface area contributed by atoms with E-state index in [9.17, 15) is 12.8 Å². The van der Waals surface area contributed by atoms with Crippen LogP contribution in [0.15, 0.2) is 23.1 Å². The van der Waals surface area contributed by atoms with Gasteiger partial charge in [0.1, 0.15) is 5.82 Å². The summed E-state index contributed by atoms with van der Waals surface area (Å²) < 4.78 is 38.6. The SMILES string of the molecule is CCCNS(=O)(=O)c1ccc(F)cc1C. The molecule has 84 valence electrons.